The molecule has 1 aromatic rings. The Morgan fingerprint density at radius 1 is 1.14 bits per heavy atom. The highest BCUT2D eigenvalue weighted by molar-refractivity contribution is 5.91. The molecule has 114 valence electrons. The Labute approximate surface area is 125 Å². The molecule has 0 spiro atoms. The fraction of sp³-hybridized carbons (Fsp3) is 0.562. The van der Waals surface area contributed by atoms with E-state index in [1.807, 2.05) is 18.2 Å². The maximum Gasteiger partial charge on any atom is 0.225 e. The molecule has 0 aromatic heterocycles. The van der Waals surface area contributed by atoms with Crippen molar-refractivity contribution in [1.82, 2.24) is 5.32 Å². The Morgan fingerprint density at radius 2 is 1.90 bits per heavy atom. The van der Waals surface area contributed by atoms with Gasteiger partial charge in [-0.1, -0.05) is 12.8 Å². The summed E-state index contributed by atoms with van der Waals surface area (Å²) in [6, 6.07) is 6.10. The van der Waals surface area contributed by atoms with Gasteiger partial charge in [-0.15, -0.1) is 0 Å². The van der Waals surface area contributed by atoms with Crippen molar-refractivity contribution in [2.45, 2.75) is 38.1 Å². The second kappa shape index (κ2) is 6.80. The zero-order valence-electron chi connectivity index (χ0n) is 12.2. The maximum absolute atomic E-state index is 11.9. The van der Waals surface area contributed by atoms with E-state index in [0.29, 0.717) is 31.4 Å². The summed E-state index contributed by atoms with van der Waals surface area (Å²) in [7, 11) is 0. The molecule has 2 N–H and O–H groups in total. The molecule has 0 bridgehead atoms. The lowest BCUT2D eigenvalue weighted by Gasteiger charge is -2.19. The van der Waals surface area contributed by atoms with Crippen molar-refractivity contribution in [3.8, 4) is 11.5 Å². The average Bonchev–Trinajstić information content (AvgIpc) is 3.00. The molecule has 0 unspecified atom stereocenters. The molecule has 1 saturated carbocycles. The number of nitrogens with one attached hydrogen (secondary N) is 2. The first-order valence-electron chi connectivity index (χ1n) is 7.74. The third-order valence-electron chi connectivity index (χ3n) is 3.97. The quantitative estimate of drug-likeness (QED) is 0.873. The molecule has 3 rings (SSSR count). The van der Waals surface area contributed by atoms with Gasteiger partial charge >= 0.3 is 0 Å². The average molecular weight is 290 g/mol. The van der Waals surface area contributed by atoms with Crippen molar-refractivity contribution in [3.05, 3.63) is 18.2 Å². The van der Waals surface area contributed by atoms with Crippen LogP contribution in [0.25, 0.3) is 0 Å². The lowest BCUT2D eigenvalue weighted by atomic mass is 10.2. The second-order valence-corrected chi connectivity index (χ2v) is 5.59. The van der Waals surface area contributed by atoms with E-state index in [9.17, 15) is 4.79 Å². The van der Waals surface area contributed by atoms with Crippen LogP contribution in [-0.4, -0.2) is 31.7 Å². The largest absolute Gasteiger partial charge is 0.486 e. The zero-order valence-corrected chi connectivity index (χ0v) is 12.2. The van der Waals surface area contributed by atoms with E-state index in [1.165, 1.54) is 25.7 Å². The Morgan fingerprint density at radius 3 is 2.71 bits per heavy atom. The predicted octanol–water partition coefficient (Wildman–Crippen LogP) is 2.32. The monoisotopic (exact) mass is 290 g/mol. The van der Waals surface area contributed by atoms with Gasteiger partial charge in [0, 0.05) is 30.8 Å². The maximum atomic E-state index is 11.9. The second-order valence-electron chi connectivity index (χ2n) is 5.59. The van der Waals surface area contributed by atoms with Gasteiger partial charge in [0.05, 0.1) is 0 Å². The van der Waals surface area contributed by atoms with Crippen molar-refractivity contribution in [2.75, 3.05) is 25.1 Å². The van der Waals surface area contributed by atoms with Gasteiger partial charge in [-0.05, 0) is 25.0 Å². The first kappa shape index (κ1) is 14.2. The number of fused-ring (bicyclic) bond motifs is 1. The molecule has 0 atom stereocenters. The SMILES string of the molecule is O=C(CCNC1CCCC1)Nc1ccc2c(c1)OCCO2. The Balaban J connectivity index is 1.45. The number of ether oxygens (including phenoxy) is 2. The molecule has 1 aromatic carbocycles. The molecule has 1 aliphatic heterocycles. The van der Waals surface area contributed by atoms with Gasteiger partial charge in [0.15, 0.2) is 11.5 Å². The summed E-state index contributed by atoms with van der Waals surface area (Å²) in [6.45, 7) is 1.86. The van der Waals surface area contributed by atoms with Crippen LogP contribution in [0.3, 0.4) is 0 Å². The lowest BCUT2D eigenvalue weighted by molar-refractivity contribution is -0.116. The van der Waals surface area contributed by atoms with Crippen LogP contribution >= 0.6 is 0 Å². The molecule has 21 heavy (non-hydrogen) atoms. The molecule has 2 aliphatic rings. The third kappa shape index (κ3) is 3.88. The van der Waals surface area contributed by atoms with Crippen LogP contribution in [0.4, 0.5) is 5.69 Å². The van der Waals surface area contributed by atoms with Crippen molar-refractivity contribution >= 4 is 11.6 Å². The molecule has 1 heterocycles. The van der Waals surface area contributed by atoms with Crippen molar-refractivity contribution in [2.24, 2.45) is 0 Å². The minimum atomic E-state index is 0.0252. The fourth-order valence-corrected chi connectivity index (χ4v) is 2.86. The van der Waals surface area contributed by atoms with E-state index < -0.39 is 0 Å². The van der Waals surface area contributed by atoms with Crippen LogP contribution in [0.15, 0.2) is 18.2 Å². The molecular weight excluding hydrogens is 268 g/mol. The van der Waals surface area contributed by atoms with Crippen molar-refractivity contribution in [1.29, 1.82) is 0 Å². The number of carbonyl (C=O) groups is 1. The van der Waals surface area contributed by atoms with E-state index in [-0.39, 0.29) is 5.91 Å². The van der Waals surface area contributed by atoms with Gasteiger partial charge < -0.3 is 20.1 Å². The van der Waals surface area contributed by atoms with Crippen LogP contribution < -0.4 is 20.1 Å². The Bertz CT molecular complexity index is 498. The molecular formula is C16H22N2O3. The minimum Gasteiger partial charge on any atom is -0.486 e. The smallest absolute Gasteiger partial charge is 0.225 e. The number of benzene rings is 1. The fourth-order valence-electron chi connectivity index (χ4n) is 2.86. The highest BCUT2D eigenvalue weighted by Gasteiger charge is 2.15. The minimum absolute atomic E-state index is 0.0252. The number of rotatable bonds is 5. The summed E-state index contributed by atoms with van der Waals surface area (Å²) in [5.74, 6) is 1.46. The topological polar surface area (TPSA) is 59.6 Å². The van der Waals surface area contributed by atoms with Gasteiger partial charge in [0.25, 0.3) is 0 Å². The number of hydrogen-bond donors (Lipinski definition) is 2. The summed E-state index contributed by atoms with van der Waals surface area (Å²) < 4.78 is 11.0. The van der Waals surface area contributed by atoms with Gasteiger partial charge in [0.2, 0.25) is 5.91 Å². The van der Waals surface area contributed by atoms with Crippen LogP contribution in [0.1, 0.15) is 32.1 Å². The number of carbonyl (C=O) groups excluding carboxylic acids is 1. The highest BCUT2D eigenvalue weighted by atomic mass is 16.6. The van der Waals surface area contributed by atoms with Gasteiger partial charge in [0.1, 0.15) is 13.2 Å². The molecule has 5 heteroatoms. The Kier molecular flexibility index (Phi) is 4.60. The molecule has 1 amide bonds. The normalized spacial score (nSPS) is 17.7. The van der Waals surface area contributed by atoms with Crippen LogP contribution in [-0.2, 0) is 4.79 Å². The van der Waals surface area contributed by atoms with Gasteiger partial charge in [-0.3, -0.25) is 4.79 Å². The summed E-state index contributed by atoms with van der Waals surface area (Å²) >= 11 is 0. The van der Waals surface area contributed by atoms with Crippen LogP contribution in [0.5, 0.6) is 11.5 Å². The first-order valence-corrected chi connectivity index (χ1v) is 7.74. The first-order chi connectivity index (χ1) is 10.3. The molecule has 1 aliphatic carbocycles. The van der Waals surface area contributed by atoms with E-state index in [0.717, 1.165) is 18.0 Å². The number of amides is 1. The van der Waals surface area contributed by atoms with Crippen molar-refractivity contribution < 1.29 is 14.3 Å². The zero-order chi connectivity index (χ0) is 14.5. The van der Waals surface area contributed by atoms with Crippen LogP contribution in [0, 0.1) is 0 Å². The molecule has 1 fully saturated rings. The summed E-state index contributed by atoms with van der Waals surface area (Å²) in [5, 5.41) is 6.35. The number of anilines is 1. The van der Waals surface area contributed by atoms with Crippen LogP contribution in [0.2, 0.25) is 0 Å². The summed E-state index contributed by atoms with van der Waals surface area (Å²) in [5.41, 5.74) is 0.755. The summed E-state index contributed by atoms with van der Waals surface area (Å²) in [4.78, 5) is 11.9. The lowest BCUT2D eigenvalue weighted by Crippen LogP contribution is -2.29. The van der Waals surface area contributed by atoms with Crippen molar-refractivity contribution in [3.63, 3.8) is 0 Å². The van der Waals surface area contributed by atoms with E-state index in [2.05, 4.69) is 10.6 Å². The summed E-state index contributed by atoms with van der Waals surface area (Å²) in [6.07, 6.45) is 5.58. The molecule has 5 nitrogen and oxygen atoms in total. The number of hydrogen-bond acceptors (Lipinski definition) is 4. The van der Waals surface area contributed by atoms with E-state index in [1.54, 1.807) is 0 Å². The standard InChI is InChI=1S/C16H22N2O3/c19-16(7-8-17-12-3-1-2-4-12)18-13-5-6-14-15(11-13)21-10-9-20-14/h5-6,11-12,17H,1-4,7-10H2,(H,18,19). The highest BCUT2D eigenvalue weighted by Crippen LogP contribution is 2.32. The predicted molar refractivity (Wildman–Crippen MR) is 80.9 cm³/mol. The molecule has 0 radical (unpaired) electrons. The van der Waals surface area contributed by atoms with E-state index >= 15 is 0 Å². The van der Waals surface area contributed by atoms with E-state index in [4.69, 9.17) is 9.47 Å². The third-order valence-corrected chi connectivity index (χ3v) is 3.97. The van der Waals surface area contributed by atoms with Gasteiger partial charge in [-0.2, -0.15) is 0 Å². The molecule has 0 saturated heterocycles. The van der Waals surface area contributed by atoms with Gasteiger partial charge in [-0.25, -0.2) is 0 Å². The Hall–Kier alpha value is -1.75.